The van der Waals surface area contributed by atoms with Crippen molar-refractivity contribution in [1.82, 2.24) is 19.2 Å². The molecule has 4 rings (SSSR count). The maximum Gasteiger partial charge on any atom is 0.332 e. The van der Waals surface area contributed by atoms with Crippen LogP contribution < -0.4 is 11.1 Å². The zero-order chi connectivity index (χ0) is 17.6. The van der Waals surface area contributed by atoms with Crippen molar-refractivity contribution in [2.45, 2.75) is 32.4 Å². The minimum Gasteiger partial charge on any atom is -0.338 e. The average molecular weight is 340 g/mol. The molecule has 130 valence electrons. The van der Waals surface area contributed by atoms with E-state index in [0.29, 0.717) is 37.6 Å². The Morgan fingerprint density at radius 1 is 1.16 bits per heavy atom. The van der Waals surface area contributed by atoms with Crippen LogP contribution in [0.25, 0.3) is 0 Å². The van der Waals surface area contributed by atoms with Gasteiger partial charge >= 0.3 is 11.1 Å². The Bertz CT molecular complexity index is 932. The minimum absolute atomic E-state index is 0.00339. The predicted octanol–water partition coefficient (Wildman–Crippen LogP) is 0.684. The molecule has 1 fully saturated rings. The molecule has 1 amide bonds. The summed E-state index contributed by atoms with van der Waals surface area (Å²) in [5.41, 5.74) is -0.396. The summed E-state index contributed by atoms with van der Waals surface area (Å²) in [5, 5.41) is 4.41. The van der Waals surface area contributed by atoms with Crippen molar-refractivity contribution in [1.29, 1.82) is 0 Å². The van der Waals surface area contributed by atoms with Gasteiger partial charge < -0.3 is 4.90 Å². The fourth-order valence-corrected chi connectivity index (χ4v) is 3.91. The number of fused-ring (bicyclic) bond motifs is 3. The van der Waals surface area contributed by atoms with E-state index >= 15 is 0 Å². The van der Waals surface area contributed by atoms with Crippen LogP contribution >= 0.6 is 0 Å². The lowest BCUT2D eigenvalue weighted by Crippen LogP contribution is -2.44. The number of hydrogen-bond donors (Lipinski definition) is 0. The van der Waals surface area contributed by atoms with Crippen molar-refractivity contribution in [3.63, 3.8) is 0 Å². The van der Waals surface area contributed by atoms with Gasteiger partial charge in [0, 0.05) is 37.7 Å². The summed E-state index contributed by atoms with van der Waals surface area (Å²) < 4.78 is 2.74. The maximum atomic E-state index is 12.7. The molecule has 2 unspecified atom stereocenters. The van der Waals surface area contributed by atoms with Crippen LogP contribution in [0.4, 0.5) is 0 Å². The molecular weight excluding hydrogens is 320 g/mol. The molecule has 0 aliphatic carbocycles. The van der Waals surface area contributed by atoms with E-state index in [0.717, 1.165) is 6.42 Å². The number of carbonyl (C=O) groups is 1. The van der Waals surface area contributed by atoms with E-state index in [1.165, 1.54) is 9.25 Å². The molecule has 0 N–H and O–H groups in total. The Balaban J connectivity index is 1.66. The van der Waals surface area contributed by atoms with Gasteiger partial charge in [-0.25, -0.2) is 4.68 Å². The maximum absolute atomic E-state index is 12.7. The summed E-state index contributed by atoms with van der Waals surface area (Å²) in [6.07, 6.45) is 0.812. The molecule has 2 aliphatic heterocycles. The normalized spacial score (nSPS) is 21.7. The van der Waals surface area contributed by atoms with Crippen molar-refractivity contribution < 1.29 is 4.79 Å². The first-order valence-electron chi connectivity index (χ1n) is 8.66. The number of aryl methyl sites for hydroxylation is 1. The zero-order valence-electron chi connectivity index (χ0n) is 14.1. The number of amides is 1. The smallest absolute Gasteiger partial charge is 0.332 e. The molecule has 2 atom stereocenters. The molecule has 2 aromatic rings. The van der Waals surface area contributed by atoms with Gasteiger partial charge in [0.1, 0.15) is 5.82 Å². The molecule has 0 saturated carbocycles. The van der Waals surface area contributed by atoms with Crippen LogP contribution in [0.3, 0.4) is 0 Å². The summed E-state index contributed by atoms with van der Waals surface area (Å²) in [7, 11) is 0. The van der Waals surface area contributed by atoms with Crippen LogP contribution in [0.2, 0.25) is 0 Å². The highest BCUT2D eigenvalue weighted by Crippen LogP contribution is 2.37. The Morgan fingerprint density at radius 2 is 1.92 bits per heavy atom. The van der Waals surface area contributed by atoms with E-state index in [9.17, 15) is 14.4 Å². The van der Waals surface area contributed by atoms with Crippen LogP contribution in [0, 0.1) is 5.92 Å². The topological polar surface area (TPSA) is 77.2 Å². The molecule has 3 heterocycles. The number of nitrogens with zero attached hydrogens (tertiary/aromatic N) is 4. The van der Waals surface area contributed by atoms with Gasteiger partial charge in [0.25, 0.3) is 5.91 Å². The lowest BCUT2D eigenvalue weighted by molar-refractivity contribution is 0.0667. The lowest BCUT2D eigenvalue weighted by atomic mass is 9.87. The highest BCUT2D eigenvalue weighted by Gasteiger charge is 2.41. The van der Waals surface area contributed by atoms with E-state index in [4.69, 9.17) is 0 Å². The molecule has 0 radical (unpaired) electrons. The van der Waals surface area contributed by atoms with Crippen molar-refractivity contribution in [3.8, 4) is 0 Å². The minimum atomic E-state index is -0.567. The predicted molar refractivity (Wildman–Crippen MR) is 91.6 cm³/mol. The fourth-order valence-electron chi connectivity index (χ4n) is 3.91. The lowest BCUT2D eigenvalue weighted by Gasteiger charge is -2.34. The molecular formula is C18H20N4O3. The second-order valence-corrected chi connectivity index (χ2v) is 6.67. The van der Waals surface area contributed by atoms with Gasteiger partial charge in [-0.1, -0.05) is 18.2 Å². The molecule has 7 heteroatoms. The third-order valence-corrected chi connectivity index (χ3v) is 5.27. The highest BCUT2D eigenvalue weighted by atomic mass is 16.2. The van der Waals surface area contributed by atoms with Crippen molar-refractivity contribution in [2.24, 2.45) is 5.92 Å². The van der Waals surface area contributed by atoms with Gasteiger partial charge in [-0.05, 0) is 31.4 Å². The third kappa shape index (κ3) is 2.50. The first-order chi connectivity index (χ1) is 12.1. The van der Waals surface area contributed by atoms with Crippen molar-refractivity contribution in [2.75, 3.05) is 13.1 Å². The van der Waals surface area contributed by atoms with Gasteiger partial charge in [-0.2, -0.15) is 5.10 Å². The summed E-state index contributed by atoms with van der Waals surface area (Å²) in [4.78, 5) is 38.9. The number of rotatable bonds is 2. The van der Waals surface area contributed by atoms with Gasteiger partial charge in [-0.3, -0.25) is 19.0 Å². The molecule has 0 bridgehead atoms. The third-order valence-electron chi connectivity index (χ3n) is 5.27. The van der Waals surface area contributed by atoms with Gasteiger partial charge in [0.2, 0.25) is 0 Å². The molecule has 25 heavy (non-hydrogen) atoms. The van der Waals surface area contributed by atoms with Crippen molar-refractivity contribution >= 4 is 5.91 Å². The summed E-state index contributed by atoms with van der Waals surface area (Å²) in [6, 6.07) is 9.22. The molecule has 7 nitrogen and oxygen atoms in total. The second kappa shape index (κ2) is 5.98. The number of likely N-dealkylation sites (tertiary alicyclic amines) is 1. The van der Waals surface area contributed by atoms with Gasteiger partial charge in [0.15, 0.2) is 0 Å². The summed E-state index contributed by atoms with van der Waals surface area (Å²) >= 11 is 0. The Labute approximate surface area is 144 Å². The van der Waals surface area contributed by atoms with Crippen LogP contribution in [-0.2, 0) is 13.1 Å². The molecule has 2 aliphatic rings. The van der Waals surface area contributed by atoms with Crippen LogP contribution in [-0.4, -0.2) is 38.2 Å². The van der Waals surface area contributed by atoms with Crippen molar-refractivity contribution in [3.05, 3.63) is 62.4 Å². The monoisotopic (exact) mass is 340 g/mol. The SMILES string of the molecule is CCn1nc2n(c(=O)c1=O)CC1CCN(C(=O)c3ccccc3)CC21. The van der Waals surface area contributed by atoms with Gasteiger partial charge in [-0.15, -0.1) is 0 Å². The number of aromatic nitrogens is 3. The van der Waals surface area contributed by atoms with E-state index in [-0.39, 0.29) is 17.7 Å². The van der Waals surface area contributed by atoms with E-state index in [1.54, 1.807) is 6.92 Å². The largest absolute Gasteiger partial charge is 0.338 e. The Kier molecular flexibility index (Phi) is 3.78. The molecule has 0 spiro atoms. The van der Waals surface area contributed by atoms with E-state index in [1.807, 2.05) is 35.2 Å². The zero-order valence-corrected chi connectivity index (χ0v) is 14.1. The summed E-state index contributed by atoms with van der Waals surface area (Å²) in [5.74, 6) is 0.908. The van der Waals surface area contributed by atoms with E-state index in [2.05, 4.69) is 5.10 Å². The molecule has 1 aromatic carbocycles. The molecule has 1 aromatic heterocycles. The fraction of sp³-hybridized carbons (Fsp3) is 0.444. The summed E-state index contributed by atoms with van der Waals surface area (Å²) in [6.45, 7) is 3.89. The Hall–Kier alpha value is -2.70. The number of piperidine rings is 1. The van der Waals surface area contributed by atoms with E-state index < -0.39 is 11.1 Å². The number of hydrogen-bond acceptors (Lipinski definition) is 4. The van der Waals surface area contributed by atoms with Gasteiger partial charge in [0.05, 0.1) is 0 Å². The highest BCUT2D eigenvalue weighted by molar-refractivity contribution is 5.94. The second-order valence-electron chi connectivity index (χ2n) is 6.67. The average Bonchev–Trinajstić information content (AvgIpc) is 3.02. The number of carbonyl (C=O) groups excluding carboxylic acids is 1. The van der Waals surface area contributed by atoms with Crippen LogP contribution in [0.15, 0.2) is 39.9 Å². The van der Waals surface area contributed by atoms with Crippen LogP contribution in [0.1, 0.15) is 35.4 Å². The quantitative estimate of drug-likeness (QED) is 0.754. The first kappa shape index (κ1) is 15.8. The number of benzene rings is 1. The Morgan fingerprint density at radius 3 is 2.64 bits per heavy atom. The van der Waals surface area contributed by atoms with Crippen LogP contribution in [0.5, 0.6) is 0 Å². The molecule has 1 saturated heterocycles. The first-order valence-corrected chi connectivity index (χ1v) is 8.66. The standard InChI is InChI=1S/C18H20N4O3/c1-2-22-18(25)17(24)21-10-13-8-9-20(11-14(13)15(21)19-22)16(23)12-6-4-3-5-7-12/h3-7,13-14H,2,8-11H2,1H3.